The third-order valence-corrected chi connectivity index (χ3v) is 3.73. The van der Waals surface area contributed by atoms with Crippen LogP contribution < -0.4 is 11.1 Å². The van der Waals surface area contributed by atoms with Crippen molar-refractivity contribution < 1.29 is 0 Å². The smallest absolute Gasteiger partial charge is 0.0765 e. The first-order valence-electron chi connectivity index (χ1n) is 6.69. The summed E-state index contributed by atoms with van der Waals surface area (Å²) in [5.41, 5.74) is 7.52. The van der Waals surface area contributed by atoms with E-state index in [0.717, 1.165) is 12.2 Å². The molecular formula is C14H22ClN3. The number of benzene rings is 1. The van der Waals surface area contributed by atoms with Gasteiger partial charge >= 0.3 is 0 Å². The van der Waals surface area contributed by atoms with Crippen molar-refractivity contribution in [2.75, 3.05) is 30.7 Å². The Morgan fingerprint density at radius 1 is 1.33 bits per heavy atom. The lowest BCUT2D eigenvalue weighted by atomic mass is 10.1. The Morgan fingerprint density at radius 2 is 2.06 bits per heavy atom. The number of nitrogens with two attached hydrogens (primary N) is 1. The maximum Gasteiger partial charge on any atom is 0.0765 e. The summed E-state index contributed by atoms with van der Waals surface area (Å²) in [5, 5.41) is 4.12. The number of anilines is 2. The molecule has 1 unspecified atom stereocenters. The van der Waals surface area contributed by atoms with Gasteiger partial charge < -0.3 is 16.0 Å². The van der Waals surface area contributed by atoms with E-state index >= 15 is 0 Å². The van der Waals surface area contributed by atoms with Crippen LogP contribution >= 0.6 is 11.6 Å². The van der Waals surface area contributed by atoms with Crippen molar-refractivity contribution in [2.45, 2.75) is 32.2 Å². The first-order chi connectivity index (χ1) is 8.66. The van der Waals surface area contributed by atoms with Crippen LogP contribution in [0.3, 0.4) is 0 Å². The molecule has 0 radical (unpaired) electrons. The van der Waals surface area contributed by atoms with Crippen LogP contribution in [-0.2, 0) is 0 Å². The van der Waals surface area contributed by atoms with E-state index < -0.39 is 0 Å². The van der Waals surface area contributed by atoms with Gasteiger partial charge in [-0.25, -0.2) is 0 Å². The van der Waals surface area contributed by atoms with Crippen LogP contribution in [-0.4, -0.2) is 30.6 Å². The Hall–Kier alpha value is -0.930. The summed E-state index contributed by atoms with van der Waals surface area (Å²) in [6.07, 6.45) is 4.01. The number of para-hydroxylation sites is 1. The Balaban J connectivity index is 1.92. The molecule has 0 spiro atoms. The fourth-order valence-corrected chi connectivity index (χ4v) is 2.75. The lowest BCUT2D eigenvalue weighted by Gasteiger charge is -2.30. The number of piperidine rings is 1. The second-order valence-corrected chi connectivity index (χ2v) is 5.52. The molecule has 1 atom stereocenters. The standard InChI is InChI=1S/C14H22ClN3/c1-11(10-18-8-3-2-4-9-18)17-14-12(15)6-5-7-13(14)16/h5-7,11,17H,2-4,8-10,16H2,1H3. The highest BCUT2D eigenvalue weighted by Gasteiger charge is 2.14. The second-order valence-electron chi connectivity index (χ2n) is 5.11. The predicted octanol–water partition coefficient (Wildman–Crippen LogP) is 3.21. The molecule has 18 heavy (non-hydrogen) atoms. The molecule has 3 N–H and O–H groups in total. The number of likely N-dealkylation sites (tertiary alicyclic amines) is 1. The predicted molar refractivity (Wildman–Crippen MR) is 79.2 cm³/mol. The molecule has 2 rings (SSSR count). The molecule has 1 aromatic rings. The number of nitrogens with one attached hydrogen (secondary N) is 1. The van der Waals surface area contributed by atoms with Gasteiger partial charge in [0.1, 0.15) is 0 Å². The summed E-state index contributed by atoms with van der Waals surface area (Å²) in [6.45, 7) is 5.65. The number of halogens is 1. The van der Waals surface area contributed by atoms with E-state index in [-0.39, 0.29) is 0 Å². The van der Waals surface area contributed by atoms with Gasteiger partial charge in [0.2, 0.25) is 0 Å². The van der Waals surface area contributed by atoms with E-state index in [1.54, 1.807) is 0 Å². The minimum atomic E-state index is 0.352. The average Bonchev–Trinajstić information content (AvgIpc) is 2.35. The minimum Gasteiger partial charge on any atom is -0.397 e. The van der Waals surface area contributed by atoms with Gasteiger partial charge in [0.05, 0.1) is 16.4 Å². The van der Waals surface area contributed by atoms with Crippen LogP contribution in [0.15, 0.2) is 18.2 Å². The molecule has 1 aliphatic rings. The molecule has 1 fully saturated rings. The molecule has 0 amide bonds. The van der Waals surface area contributed by atoms with Crippen molar-refractivity contribution in [3.63, 3.8) is 0 Å². The SMILES string of the molecule is CC(CN1CCCCC1)Nc1c(N)cccc1Cl. The normalized spacial score (nSPS) is 18.6. The molecule has 3 nitrogen and oxygen atoms in total. The summed E-state index contributed by atoms with van der Waals surface area (Å²) in [5.74, 6) is 0. The van der Waals surface area contributed by atoms with E-state index in [1.807, 2.05) is 18.2 Å². The van der Waals surface area contributed by atoms with Crippen molar-refractivity contribution in [2.24, 2.45) is 0 Å². The second kappa shape index (κ2) is 6.30. The van der Waals surface area contributed by atoms with Gasteiger partial charge in [0, 0.05) is 12.6 Å². The Bertz CT molecular complexity index is 368. The number of hydrogen-bond acceptors (Lipinski definition) is 3. The highest BCUT2D eigenvalue weighted by atomic mass is 35.5. The van der Waals surface area contributed by atoms with Crippen molar-refractivity contribution in [1.82, 2.24) is 4.90 Å². The Labute approximate surface area is 114 Å². The fourth-order valence-electron chi connectivity index (χ4n) is 2.51. The molecule has 100 valence electrons. The number of rotatable bonds is 4. The molecule has 4 heteroatoms. The van der Waals surface area contributed by atoms with E-state index in [9.17, 15) is 0 Å². The molecule has 1 heterocycles. The van der Waals surface area contributed by atoms with Crippen LogP contribution in [0.5, 0.6) is 0 Å². The summed E-state index contributed by atoms with van der Waals surface area (Å²) in [7, 11) is 0. The zero-order chi connectivity index (χ0) is 13.0. The van der Waals surface area contributed by atoms with Gasteiger partial charge in [-0.3, -0.25) is 0 Å². The molecule has 0 saturated carbocycles. The number of nitrogens with zero attached hydrogens (tertiary/aromatic N) is 1. The van der Waals surface area contributed by atoms with Crippen molar-refractivity contribution in [3.8, 4) is 0 Å². The number of hydrogen-bond donors (Lipinski definition) is 2. The minimum absolute atomic E-state index is 0.352. The maximum atomic E-state index is 6.16. The Kier molecular flexibility index (Phi) is 4.72. The Morgan fingerprint density at radius 3 is 2.72 bits per heavy atom. The quantitative estimate of drug-likeness (QED) is 0.823. The van der Waals surface area contributed by atoms with Gasteiger partial charge in [0.15, 0.2) is 0 Å². The first kappa shape index (κ1) is 13.5. The third kappa shape index (κ3) is 3.53. The van der Waals surface area contributed by atoms with Crippen LogP contribution in [0.25, 0.3) is 0 Å². The average molecular weight is 268 g/mol. The number of nitrogen functional groups attached to an aromatic ring is 1. The van der Waals surface area contributed by atoms with E-state index in [0.29, 0.717) is 16.8 Å². The molecular weight excluding hydrogens is 246 g/mol. The largest absolute Gasteiger partial charge is 0.397 e. The summed E-state index contributed by atoms with van der Waals surface area (Å²) < 4.78 is 0. The van der Waals surface area contributed by atoms with Crippen LogP contribution in [0.2, 0.25) is 5.02 Å². The van der Waals surface area contributed by atoms with E-state index in [4.69, 9.17) is 17.3 Å². The third-order valence-electron chi connectivity index (χ3n) is 3.42. The van der Waals surface area contributed by atoms with Gasteiger partial charge in [-0.05, 0) is 45.0 Å². The first-order valence-corrected chi connectivity index (χ1v) is 7.07. The molecule has 1 saturated heterocycles. The van der Waals surface area contributed by atoms with Crippen LogP contribution in [0.4, 0.5) is 11.4 Å². The monoisotopic (exact) mass is 267 g/mol. The topological polar surface area (TPSA) is 41.3 Å². The molecule has 1 aromatic carbocycles. The molecule has 0 aliphatic carbocycles. The van der Waals surface area contributed by atoms with Crippen LogP contribution in [0.1, 0.15) is 26.2 Å². The van der Waals surface area contributed by atoms with E-state index in [2.05, 4.69) is 17.1 Å². The van der Waals surface area contributed by atoms with Crippen molar-refractivity contribution in [3.05, 3.63) is 23.2 Å². The molecule has 1 aliphatic heterocycles. The zero-order valence-corrected chi connectivity index (χ0v) is 11.7. The van der Waals surface area contributed by atoms with Gasteiger partial charge in [-0.2, -0.15) is 0 Å². The molecule has 0 bridgehead atoms. The summed E-state index contributed by atoms with van der Waals surface area (Å²) in [4.78, 5) is 2.51. The molecule has 0 aromatic heterocycles. The van der Waals surface area contributed by atoms with Crippen molar-refractivity contribution >= 4 is 23.0 Å². The van der Waals surface area contributed by atoms with Crippen molar-refractivity contribution in [1.29, 1.82) is 0 Å². The highest BCUT2D eigenvalue weighted by molar-refractivity contribution is 6.33. The maximum absolute atomic E-state index is 6.16. The van der Waals surface area contributed by atoms with Gasteiger partial charge in [-0.15, -0.1) is 0 Å². The van der Waals surface area contributed by atoms with Gasteiger partial charge in [-0.1, -0.05) is 24.1 Å². The van der Waals surface area contributed by atoms with E-state index in [1.165, 1.54) is 32.4 Å². The van der Waals surface area contributed by atoms with Gasteiger partial charge in [0.25, 0.3) is 0 Å². The lowest BCUT2D eigenvalue weighted by molar-refractivity contribution is 0.223. The fraction of sp³-hybridized carbons (Fsp3) is 0.571. The summed E-state index contributed by atoms with van der Waals surface area (Å²) in [6, 6.07) is 5.97. The zero-order valence-electron chi connectivity index (χ0n) is 11.0. The summed E-state index contributed by atoms with van der Waals surface area (Å²) >= 11 is 6.16. The highest BCUT2D eigenvalue weighted by Crippen LogP contribution is 2.28. The van der Waals surface area contributed by atoms with Crippen LogP contribution in [0, 0.1) is 0 Å². The lowest BCUT2D eigenvalue weighted by Crippen LogP contribution is -2.38.